The molecule has 1 aromatic carbocycles. The highest BCUT2D eigenvalue weighted by molar-refractivity contribution is 5.89. The molecular weight excluding hydrogens is 384 g/mol. The molecule has 164 valence electrons. The van der Waals surface area contributed by atoms with E-state index < -0.39 is 11.9 Å². The van der Waals surface area contributed by atoms with Crippen molar-refractivity contribution in [1.82, 2.24) is 9.47 Å². The fourth-order valence-electron chi connectivity index (χ4n) is 3.91. The monoisotopic (exact) mass is 416 g/mol. The van der Waals surface area contributed by atoms with Crippen molar-refractivity contribution in [3.63, 3.8) is 0 Å². The number of benzene rings is 1. The second-order valence-electron chi connectivity index (χ2n) is 7.89. The first-order valence-electron chi connectivity index (χ1n) is 10.2. The van der Waals surface area contributed by atoms with Crippen molar-refractivity contribution in [3.8, 4) is 0 Å². The molecule has 0 amide bonds. The summed E-state index contributed by atoms with van der Waals surface area (Å²) >= 11 is 0. The number of aliphatic carboxylic acids is 2. The zero-order chi connectivity index (χ0) is 22.3. The smallest absolute Gasteiger partial charge is 0.328 e. The predicted molar refractivity (Wildman–Crippen MR) is 117 cm³/mol. The molecule has 0 fully saturated rings. The van der Waals surface area contributed by atoms with Crippen molar-refractivity contribution in [2.24, 2.45) is 0 Å². The number of fused-ring (bicyclic) bond motifs is 3. The summed E-state index contributed by atoms with van der Waals surface area (Å²) in [6.45, 7) is 7.47. The Morgan fingerprint density at radius 3 is 2.40 bits per heavy atom. The Labute approximate surface area is 177 Å². The number of rotatable bonds is 7. The maximum atomic E-state index is 9.55. The second-order valence-corrected chi connectivity index (χ2v) is 7.89. The fraction of sp³-hybridized carbons (Fsp3) is 0.478. The van der Waals surface area contributed by atoms with E-state index >= 15 is 0 Å². The SMILES string of the molecule is CCCn1c2c(c3ccccc31)CCOC2(C)CCN(C)C.O=C(O)C=CC(=O)O. The Kier molecular flexibility index (Phi) is 8.20. The first-order valence-corrected chi connectivity index (χ1v) is 10.2. The minimum atomic E-state index is -1.26. The maximum absolute atomic E-state index is 9.55. The minimum absolute atomic E-state index is 0.175. The van der Waals surface area contributed by atoms with Crippen molar-refractivity contribution in [3.05, 3.63) is 47.7 Å². The highest BCUT2D eigenvalue weighted by Gasteiger charge is 2.37. The number of aryl methyl sites for hydroxylation is 1. The maximum Gasteiger partial charge on any atom is 0.328 e. The molecule has 1 aliphatic rings. The number of hydrogen-bond donors (Lipinski definition) is 2. The number of hydrogen-bond acceptors (Lipinski definition) is 4. The van der Waals surface area contributed by atoms with E-state index in [4.69, 9.17) is 14.9 Å². The van der Waals surface area contributed by atoms with Crippen molar-refractivity contribution >= 4 is 22.8 Å². The molecule has 0 saturated heterocycles. The summed E-state index contributed by atoms with van der Waals surface area (Å²) in [5.41, 5.74) is 4.13. The average Bonchev–Trinajstić information content (AvgIpc) is 3.02. The summed E-state index contributed by atoms with van der Waals surface area (Å²) in [6, 6.07) is 8.84. The lowest BCUT2D eigenvalue weighted by Crippen LogP contribution is -2.37. The molecule has 2 aromatic rings. The van der Waals surface area contributed by atoms with Crippen molar-refractivity contribution in [2.45, 2.75) is 45.3 Å². The third-order valence-corrected chi connectivity index (χ3v) is 5.20. The van der Waals surface area contributed by atoms with Gasteiger partial charge in [0.25, 0.3) is 0 Å². The molecule has 2 heterocycles. The minimum Gasteiger partial charge on any atom is -0.478 e. The number of ether oxygens (including phenoxy) is 1. The molecule has 7 heteroatoms. The largest absolute Gasteiger partial charge is 0.478 e. The van der Waals surface area contributed by atoms with Crippen LogP contribution in [0.15, 0.2) is 36.4 Å². The summed E-state index contributed by atoms with van der Waals surface area (Å²) in [7, 11) is 4.27. The third-order valence-electron chi connectivity index (χ3n) is 5.20. The number of carboxylic acid groups (broad SMARTS) is 2. The summed E-state index contributed by atoms with van der Waals surface area (Å²) < 4.78 is 8.82. The second kappa shape index (κ2) is 10.4. The van der Waals surface area contributed by atoms with Crippen LogP contribution < -0.4 is 0 Å². The van der Waals surface area contributed by atoms with Gasteiger partial charge in [0, 0.05) is 36.1 Å². The molecule has 7 nitrogen and oxygen atoms in total. The molecule has 3 rings (SSSR count). The lowest BCUT2D eigenvalue weighted by Gasteiger charge is -2.37. The van der Waals surface area contributed by atoms with Crippen LogP contribution in [0.25, 0.3) is 10.9 Å². The lowest BCUT2D eigenvalue weighted by molar-refractivity contribution is -0.134. The van der Waals surface area contributed by atoms with Gasteiger partial charge in [0.15, 0.2) is 0 Å². The highest BCUT2D eigenvalue weighted by Crippen LogP contribution is 2.41. The van der Waals surface area contributed by atoms with E-state index in [1.807, 2.05) is 0 Å². The number of carboxylic acids is 2. The standard InChI is InChI=1S/C19H28N2O.C4H4O4/c1-5-12-21-17-9-7-6-8-15(17)16-10-14-22-19(2,18(16)21)11-13-20(3)4;5-3(6)1-2-4(7)8/h6-9H,5,10-14H2,1-4H3;1-2H,(H,5,6)(H,7,8). The van der Waals surface area contributed by atoms with Gasteiger partial charge in [-0.3, -0.25) is 0 Å². The number of carbonyl (C=O) groups is 2. The van der Waals surface area contributed by atoms with Crippen LogP contribution in [0.5, 0.6) is 0 Å². The van der Waals surface area contributed by atoms with Gasteiger partial charge in [0.1, 0.15) is 5.60 Å². The quantitative estimate of drug-likeness (QED) is 0.671. The van der Waals surface area contributed by atoms with E-state index in [1.54, 1.807) is 0 Å². The molecule has 0 radical (unpaired) electrons. The molecule has 0 saturated carbocycles. The van der Waals surface area contributed by atoms with E-state index in [2.05, 4.69) is 61.7 Å². The van der Waals surface area contributed by atoms with Gasteiger partial charge < -0.3 is 24.4 Å². The van der Waals surface area contributed by atoms with Crippen LogP contribution in [-0.4, -0.2) is 58.9 Å². The van der Waals surface area contributed by atoms with Gasteiger partial charge >= 0.3 is 11.9 Å². The number of nitrogens with zero attached hydrogens (tertiary/aromatic N) is 2. The zero-order valence-electron chi connectivity index (χ0n) is 18.2. The zero-order valence-corrected chi connectivity index (χ0v) is 18.2. The molecule has 1 aliphatic heterocycles. The van der Waals surface area contributed by atoms with Gasteiger partial charge in [0.05, 0.1) is 12.3 Å². The van der Waals surface area contributed by atoms with Crippen molar-refractivity contribution in [2.75, 3.05) is 27.2 Å². The van der Waals surface area contributed by atoms with Crippen LogP contribution in [0.2, 0.25) is 0 Å². The van der Waals surface area contributed by atoms with Gasteiger partial charge in [0.2, 0.25) is 0 Å². The summed E-state index contributed by atoms with van der Waals surface area (Å²) in [6.07, 6.45) is 4.33. The Hall–Kier alpha value is -2.64. The molecule has 1 atom stereocenters. The van der Waals surface area contributed by atoms with E-state index in [1.165, 1.54) is 22.2 Å². The van der Waals surface area contributed by atoms with Crippen LogP contribution in [0, 0.1) is 0 Å². The van der Waals surface area contributed by atoms with Crippen LogP contribution in [-0.2, 0) is 32.9 Å². The van der Waals surface area contributed by atoms with Crippen molar-refractivity contribution < 1.29 is 24.5 Å². The molecular formula is C23H32N2O5. The molecule has 0 spiro atoms. The Morgan fingerprint density at radius 1 is 1.20 bits per heavy atom. The van der Waals surface area contributed by atoms with E-state index in [0.29, 0.717) is 12.2 Å². The van der Waals surface area contributed by atoms with Crippen LogP contribution in [0.3, 0.4) is 0 Å². The van der Waals surface area contributed by atoms with Crippen molar-refractivity contribution in [1.29, 1.82) is 0 Å². The summed E-state index contributed by atoms with van der Waals surface area (Å²) in [4.78, 5) is 21.4. The molecule has 30 heavy (non-hydrogen) atoms. The van der Waals surface area contributed by atoms with Gasteiger partial charge in [-0.25, -0.2) is 9.59 Å². The first kappa shape index (κ1) is 23.6. The van der Waals surface area contributed by atoms with Gasteiger partial charge in [-0.1, -0.05) is 25.1 Å². The Morgan fingerprint density at radius 2 is 1.83 bits per heavy atom. The normalized spacial score (nSPS) is 18.3. The Bertz CT molecular complexity index is 900. The van der Waals surface area contributed by atoms with Gasteiger partial charge in [-0.05, 0) is 51.9 Å². The summed E-state index contributed by atoms with van der Waals surface area (Å²) in [5.74, 6) is -2.51. The fourth-order valence-corrected chi connectivity index (χ4v) is 3.91. The molecule has 0 aliphatic carbocycles. The highest BCUT2D eigenvalue weighted by atomic mass is 16.5. The van der Waals surface area contributed by atoms with Crippen LogP contribution >= 0.6 is 0 Å². The van der Waals surface area contributed by atoms with Crippen LogP contribution in [0.1, 0.15) is 37.9 Å². The topological polar surface area (TPSA) is 92.0 Å². The van der Waals surface area contributed by atoms with Gasteiger partial charge in [-0.15, -0.1) is 0 Å². The number of para-hydroxylation sites is 1. The lowest BCUT2D eigenvalue weighted by atomic mass is 9.89. The first-order chi connectivity index (χ1) is 14.2. The van der Waals surface area contributed by atoms with Crippen LogP contribution in [0.4, 0.5) is 0 Å². The predicted octanol–water partition coefficient (Wildman–Crippen LogP) is 3.50. The van der Waals surface area contributed by atoms with E-state index in [9.17, 15) is 9.59 Å². The number of aromatic nitrogens is 1. The van der Waals surface area contributed by atoms with Gasteiger partial charge in [-0.2, -0.15) is 0 Å². The molecule has 1 aromatic heterocycles. The Balaban J connectivity index is 0.000000343. The third kappa shape index (κ3) is 5.70. The molecule has 1 unspecified atom stereocenters. The average molecular weight is 417 g/mol. The molecule has 2 N–H and O–H groups in total. The van der Waals surface area contributed by atoms with E-state index in [-0.39, 0.29) is 5.60 Å². The van der Waals surface area contributed by atoms with E-state index in [0.717, 1.165) is 39.0 Å². The molecule has 0 bridgehead atoms. The summed E-state index contributed by atoms with van der Waals surface area (Å²) in [5, 5.41) is 17.0.